The van der Waals surface area contributed by atoms with Crippen molar-refractivity contribution in [1.29, 1.82) is 0 Å². The van der Waals surface area contributed by atoms with Crippen molar-refractivity contribution in [3.63, 3.8) is 0 Å². The first-order valence-electron chi connectivity index (χ1n) is 18.9. The first kappa shape index (κ1) is 34.5. The normalized spacial score (nSPS) is 15.2. The van der Waals surface area contributed by atoms with Gasteiger partial charge in [-0.15, -0.1) is 15.3 Å². The standard InChI is InChI=1S/C26H19N7.C20H16N4O/c1-2-10-18(11-3-1)31-25(32-23-16-8-6-14-21(23)27-29-32)19-12-4-5-13-20(19)26(31)33-24-17-9-7-15-22(24)28-30-33;25-14-15-8-4-5-11-17(15)20(21-16-9-2-1-3-10-16)24-19-13-7-6-12-18(19)22-23-24/h1-17,25-26H;1-14,20-21H. The van der Waals surface area contributed by atoms with Gasteiger partial charge in [-0.25, -0.2) is 14.0 Å². The van der Waals surface area contributed by atoms with Crippen molar-refractivity contribution in [1.82, 2.24) is 45.0 Å². The summed E-state index contributed by atoms with van der Waals surface area (Å²) in [6, 6.07) is 60.2. The molecule has 0 radical (unpaired) electrons. The smallest absolute Gasteiger partial charge is 0.153 e. The highest BCUT2D eigenvalue weighted by molar-refractivity contribution is 5.79. The molecule has 0 spiro atoms. The number of nitrogens with zero attached hydrogens (tertiary/aromatic N) is 10. The Balaban J connectivity index is 0.000000147. The minimum atomic E-state index is -0.351. The van der Waals surface area contributed by atoms with Gasteiger partial charge < -0.3 is 10.2 Å². The molecule has 0 fully saturated rings. The van der Waals surface area contributed by atoms with Gasteiger partial charge in [0.15, 0.2) is 12.3 Å². The summed E-state index contributed by atoms with van der Waals surface area (Å²) < 4.78 is 5.84. The number of benzene rings is 7. The van der Waals surface area contributed by atoms with Gasteiger partial charge in [-0.2, -0.15) is 0 Å². The van der Waals surface area contributed by atoms with E-state index in [0.29, 0.717) is 5.56 Å². The average Bonchev–Trinajstić information content (AvgIpc) is 4.09. The summed E-state index contributed by atoms with van der Waals surface area (Å²) in [5.74, 6) is 0. The van der Waals surface area contributed by atoms with Crippen LogP contribution in [0, 0.1) is 0 Å². The Bertz CT molecular complexity index is 2910. The van der Waals surface area contributed by atoms with Crippen LogP contribution in [0.4, 0.5) is 11.4 Å². The highest BCUT2D eigenvalue weighted by Gasteiger charge is 2.43. The van der Waals surface area contributed by atoms with E-state index in [1.54, 1.807) is 6.07 Å². The van der Waals surface area contributed by atoms with E-state index in [1.165, 1.54) is 11.1 Å². The summed E-state index contributed by atoms with van der Waals surface area (Å²) in [6.07, 6.45) is 0.137. The number of hydrogen-bond acceptors (Lipinski definition) is 9. The zero-order valence-corrected chi connectivity index (χ0v) is 31.0. The minimum Gasteiger partial charge on any atom is -0.360 e. The summed E-state index contributed by atoms with van der Waals surface area (Å²) in [6.45, 7) is 0. The first-order chi connectivity index (χ1) is 28.8. The molecule has 280 valence electrons. The second-order valence-electron chi connectivity index (χ2n) is 13.8. The van der Waals surface area contributed by atoms with Crippen LogP contribution in [0.5, 0.6) is 0 Å². The van der Waals surface area contributed by atoms with Crippen molar-refractivity contribution in [3.8, 4) is 0 Å². The predicted octanol–water partition coefficient (Wildman–Crippen LogP) is 8.69. The van der Waals surface area contributed by atoms with Crippen molar-refractivity contribution in [3.05, 3.63) is 204 Å². The van der Waals surface area contributed by atoms with Gasteiger partial charge in [-0.3, -0.25) is 4.79 Å². The molecule has 0 bridgehead atoms. The van der Waals surface area contributed by atoms with Crippen LogP contribution in [0.2, 0.25) is 0 Å². The van der Waals surface area contributed by atoms with Crippen LogP contribution in [0.15, 0.2) is 182 Å². The van der Waals surface area contributed by atoms with Crippen molar-refractivity contribution in [2.75, 3.05) is 10.2 Å². The lowest BCUT2D eigenvalue weighted by atomic mass is 10.1. The molecular weight excluding hydrogens is 723 g/mol. The summed E-state index contributed by atoms with van der Waals surface area (Å²) >= 11 is 0. The molecule has 3 aromatic heterocycles. The Kier molecular flexibility index (Phi) is 8.87. The zero-order chi connectivity index (χ0) is 38.8. The average molecular weight is 758 g/mol. The van der Waals surface area contributed by atoms with Gasteiger partial charge in [-0.1, -0.05) is 137 Å². The van der Waals surface area contributed by atoms with Crippen molar-refractivity contribution in [2.45, 2.75) is 18.5 Å². The van der Waals surface area contributed by atoms with Crippen molar-refractivity contribution < 1.29 is 4.79 Å². The second kappa shape index (κ2) is 14.9. The van der Waals surface area contributed by atoms with Crippen LogP contribution < -0.4 is 10.2 Å². The highest BCUT2D eigenvalue weighted by atomic mass is 16.1. The molecule has 1 aliphatic heterocycles. The van der Waals surface area contributed by atoms with Gasteiger partial charge in [-0.05, 0) is 60.7 Å². The fraction of sp³-hybridized carbons (Fsp3) is 0.0652. The molecule has 58 heavy (non-hydrogen) atoms. The summed E-state index contributed by atoms with van der Waals surface area (Å²) in [4.78, 5) is 13.9. The molecule has 3 atom stereocenters. The number of fused-ring (bicyclic) bond motifs is 4. The topological polar surface area (TPSA) is 124 Å². The summed E-state index contributed by atoms with van der Waals surface area (Å²) in [5.41, 5.74) is 11.2. The molecule has 1 aliphatic rings. The zero-order valence-electron chi connectivity index (χ0n) is 31.0. The molecule has 0 amide bonds. The Hall–Kier alpha value is -7.99. The molecule has 12 heteroatoms. The molecule has 12 nitrogen and oxygen atoms in total. The molecule has 3 unspecified atom stereocenters. The predicted molar refractivity (Wildman–Crippen MR) is 224 cm³/mol. The van der Waals surface area contributed by atoms with E-state index < -0.39 is 0 Å². The van der Waals surface area contributed by atoms with Gasteiger partial charge in [0.2, 0.25) is 0 Å². The van der Waals surface area contributed by atoms with Gasteiger partial charge in [0.05, 0.1) is 16.6 Å². The van der Waals surface area contributed by atoms with Crippen LogP contribution in [0.3, 0.4) is 0 Å². The molecular formula is C46H35N11O. The lowest BCUT2D eigenvalue weighted by molar-refractivity contribution is 0.112. The van der Waals surface area contributed by atoms with E-state index in [9.17, 15) is 4.79 Å². The molecule has 1 N–H and O–H groups in total. The Morgan fingerprint density at radius 2 is 0.948 bits per heavy atom. The fourth-order valence-electron chi connectivity index (χ4n) is 7.84. The number of anilines is 2. The maximum absolute atomic E-state index is 11.5. The van der Waals surface area contributed by atoms with Crippen molar-refractivity contribution >= 4 is 50.8 Å². The molecule has 11 rings (SSSR count). The van der Waals surface area contributed by atoms with Crippen LogP contribution >= 0.6 is 0 Å². The number of nitrogens with one attached hydrogen (secondary N) is 1. The summed E-state index contributed by atoms with van der Waals surface area (Å²) in [7, 11) is 0. The maximum Gasteiger partial charge on any atom is 0.153 e. The summed E-state index contributed by atoms with van der Waals surface area (Å²) in [5, 5.41) is 30.2. The van der Waals surface area contributed by atoms with E-state index >= 15 is 0 Å². The molecule has 10 aromatic rings. The Labute approximate surface area is 332 Å². The largest absolute Gasteiger partial charge is 0.360 e. The number of aldehydes is 1. The van der Waals surface area contributed by atoms with Crippen LogP contribution in [0.25, 0.3) is 33.1 Å². The van der Waals surface area contributed by atoms with Crippen LogP contribution in [-0.2, 0) is 0 Å². The highest BCUT2D eigenvalue weighted by Crippen LogP contribution is 2.47. The molecule has 0 aliphatic carbocycles. The second-order valence-corrected chi connectivity index (χ2v) is 13.8. The maximum atomic E-state index is 11.5. The monoisotopic (exact) mass is 757 g/mol. The van der Waals surface area contributed by atoms with Gasteiger partial charge in [0.1, 0.15) is 29.0 Å². The number of hydrogen-bond donors (Lipinski definition) is 1. The Morgan fingerprint density at radius 1 is 0.483 bits per heavy atom. The third-order valence-corrected chi connectivity index (χ3v) is 10.5. The van der Waals surface area contributed by atoms with Gasteiger partial charge in [0.25, 0.3) is 0 Å². The van der Waals surface area contributed by atoms with E-state index in [1.807, 2.05) is 129 Å². The molecule has 0 saturated heterocycles. The Morgan fingerprint density at radius 3 is 1.55 bits per heavy atom. The van der Waals surface area contributed by atoms with E-state index in [-0.39, 0.29) is 18.5 Å². The number of carbonyl (C=O) groups excluding carboxylic acids is 1. The quantitative estimate of drug-likeness (QED) is 0.152. The lowest BCUT2D eigenvalue weighted by Crippen LogP contribution is -2.35. The third-order valence-electron chi connectivity index (χ3n) is 10.5. The van der Waals surface area contributed by atoms with E-state index in [0.717, 1.165) is 56.3 Å². The van der Waals surface area contributed by atoms with Gasteiger partial charge in [0, 0.05) is 33.6 Å². The first-order valence-corrected chi connectivity index (χ1v) is 18.9. The van der Waals surface area contributed by atoms with Gasteiger partial charge >= 0.3 is 0 Å². The van der Waals surface area contributed by atoms with E-state index in [2.05, 4.69) is 102 Å². The number of para-hydroxylation sites is 5. The minimum absolute atomic E-state index is 0.191. The molecule has 0 saturated carbocycles. The lowest BCUT2D eigenvalue weighted by Gasteiger charge is -2.33. The van der Waals surface area contributed by atoms with Crippen molar-refractivity contribution in [2.24, 2.45) is 0 Å². The molecule has 4 heterocycles. The number of carbonyl (C=O) groups is 1. The van der Waals surface area contributed by atoms with E-state index in [4.69, 9.17) is 0 Å². The van der Waals surface area contributed by atoms with Crippen LogP contribution in [-0.4, -0.2) is 51.3 Å². The number of aromatic nitrogens is 9. The SMILES string of the molecule is O=Cc1ccccc1C(Nc1ccccc1)n1nnc2ccccc21.c1ccc(N2C(n3nnc4ccccc43)c3ccccc3C2n2nnc3ccccc32)cc1. The van der Waals surface area contributed by atoms with Crippen LogP contribution in [0.1, 0.15) is 45.5 Å². The third kappa shape index (κ3) is 6.09. The molecule has 7 aromatic carbocycles. The fourth-order valence-corrected chi connectivity index (χ4v) is 7.84. The number of rotatable bonds is 8.